The summed E-state index contributed by atoms with van der Waals surface area (Å²) in [6.07, 6.45) is 8.43. The average molecular weight is 524 g/mol. The summed E-state index contributed by atoms with van der Waals surface area (Å²) >= 11 is 5.97. The third-order valence-corrected chi connectivity index (χ3v) is 9.56. The SMILES string of the molecule is O=C(CC12CCCC(C(=O)O)(CC1)CC2)N1CCc2c(n(Cc3ccc(Cl)cc3F)c3ncccc23)C1. The van der Waals surface area contributed by atoms with Gasteiger partial charge in [0.05, 0.1) is 18.5 Å². The lowest BCUT2D eigenvalue weighted by molar-refractivity contribution is -0.152. The van der Waals surface area contributed by atoms with Crippen LogP contribution in [0.25, 0.3) is 11.0 Å². The molecule has 8 heteroatoms. The molecule has 6 nitrogen and oxygen atoms in total. The zero-order chi connectivity index (χ0) is 25.8. The van der Waals surface area contributed by atoms with Gasteiger partial charge in [-0.15, -0.1) is 0 Å². The summed E-state index contributed by atoms with van der Waals surface area (Å²) in [5.74, 6) is -0.890. The third kappa shape index (κ3) is 4.21. The van der Waals surface area contributed by atoms with Crippen LogP contribution in [0.15, 0.2) is 36.5 Å². The van der Waals surface area contributed by atoms with Crippen molar-refractivity contribution in [3.05, 3.63) is 64.2 Å². The first-order valence-corrected chi connectivity index (χ1v) is 13.6. The second-order valence-corrected chi connectivity index (χ2v) is 11.7. The van der Waals surface area contributed by atoms with Gasteiger partial charge in [0, 0.05) is 40.8 Å². The normalized spacial score (nSPS) is 25.2. The van der Waals surface area contributed by atoms with Crippen molar-refractivity contribution in [1.29, 1.82) is 0 Å². The van der Waals surface area contributed by atoms with Crippen LogP contribution in [-0.4, -0.2) is 38.0 Å². The van der Waals surface area contributed by atoms with E-state index in [9.17, 15) is 19.1 Å². The Labute approximate surface area is 220 Å². The molecule has 4 aliphatic rings. The maximum Gasteiger partial charge on any atom is 0.309 e. The molecular formula is C29H31ClFN3O3. The standard InChI is InChI=1S/C29H31ClFN3O3/c30-20-5-4-19(23(31)15-20)17-34-24-18-33(14-6-21(24)22-3-1-13-32-26(22)34)25(35)16-28-7-2-8-29(11-9-28,12-10-28)27(36)37/h1,3-5,13,15H,2,6-12,14,16-18H2,(H,36,37). The molecule has 1 amide bonds. The zero-order valence-corrected chi connectivity index (χ0v) is 21.6. The van der Waals surface area contributed by atoms with Gasteiger partial charge in [-0.1, -0.05) is 24.1 Å². The molecule has 3 aliphatic carbocycles. The van der Waals surface area contributed by atoms with Gasteiger partial charge in [-0.25, -0.2) is 9.37 Å². The van der Waals surface area contributed by atoms with Crippen LogP contribution in [0.5, 0.6) is 0 Å². The molecule has 1 aliphatic heterocycles. The summed E-state index contributed by atoms with van der Waals surface area (Å²) in [6.45, 7) is 1.42. The van der Waals surface area contributed by atoms with Crippen molar-refractivity contribution >= 4 is 34.5 Å². The van der Waals surface area contributed by atoms with Crippen LogP contribution in [0.1, 0.15) is 68.2 Å². The maximum absolute atomic E-state index is 14.7. The molecule has 1 N–H and O–H groups in total. The van der Waals surface area contributed by atoms with Crippen molar-refractivity contribution in [1.82, 2.24) is 14.5 Å². The number of benzene rings is 1. The minimum absolute atomic E-state index is 0.0898. The second-order valence-electron chi connectivity index (χ2n) is 11.3. The van der Waals surface area contributed by atoms with Crippen molar-refractivity contribution in [3.63, 3.8) is 0 Å². The summed E-state index contributed by atoms with van der Waals surface area (Å²) in [7, 11) is 0. The molecule has 37 heavy (non-hydrogen) atoms. The van der Waals surface area contributed by atoms with Crippen molar-refractivity contribution in [2.75, 3.05) is 6.54 Å². The van der Waals surface area contributed by atoms with Gasteiger partial charge in [0.15, 0.2) is 0 Å². The summed E-state index contributed by atoms with van der Waals surface area (Å²) in [5, 5.41) is 11.2. The molecule has 7 rings (SSSR count). The monoisotopic (exact) mass is 523 g/mol. The Morgan fingerprint density at radius 2 is 1.92 bits per heavy atom. The van der Waals surface area contributed by atoms with E-state index in [1.165, 1.54) is 11.6 Å². The van der Waals surface area contributed by atoms with Crippen molar-refractivity contribution in [2.45, 2.75) is 70.9 Å². The van der Waals surface area contributed by atoms with E-state index >= 15 is 0 Å². The number of carboxylic acids is 1. The molecule has 0 radical (unpaired) electrons. The van der Waals surface area contributed by atoms with E-state index in [4.69, 9.17) is 11.6 Å². The van der Waals surface area contributed by atoms with Crippen molar-refractivity contribution < 1.29 is 19.1 Å². The first-order valence-electron chi connectivity index (χ1n) is 13.2. The molecule has 2 aromatic heterocycles. The van der Waals surface area contributed by atoms with Crippen LogP contribution in [0.4, 0.5) is 4.39 Å². The van der Waals surface area contributed by atoms with E-state index in [2.05, 4.69) is 11.1 Å². The molecule has 3 aromatic rings. The quantitative estimate of drug-likeness (QED) is 0.447. The van der Waals surface area contributed by atoms with Crippen LogP contribution >= 0.6 is 11.6 Å². The number of pyridine rings is 1. The molecule has 194 valence electrons. The molecule has 0 spiro atoms. The number of fused-ring (bicyclic) bond motifs is 7. The zero-order valence-electron chi connectivity index (χ0n) is 20.8. The number of amides is 1. The molecule has 0 saturated heterocycles. The number of carbonyl (C=O) groups is 2. The fraction of sp³-hybridized carbons (Fsp3) is 0.483. The summed E-state index contributed by atoms with van der Waals surface area (Å²) in [4.78, 5) is 32.2. The Kier molecular flexibility index (Phi) is 6.02. The van der Waals surface area contributed by atoms with Crippen LogP contribution in [0.2, 0.25) is 5.02 Å². The minimum atomic E-state index is -0.670. The van der Waals surface area contributed by atoms with Crippen molar-refractivity contribution in [2.24, 2.45) is 10.8 Å². The molecule has 0 atom stereocenters. The molecule has 0 unspecified atom stereocenters. The fourth-order valence-electron chi connectivity index (χ4n) is 7.04. The molecule has 1 aromatic carbocycles. The smallest absolute Gasteiger partial charge is 0.309 e. The lowest BCUT2D eigenvalue weighted by Gasteiger charge is -2.41. The number of hydrogen-bond acceptors (Lipinski definition) is 3. The average Bonchev–Trinajstić information content (AvgIpc) is 3.00. The van der Waals surface area contributed by atoms with Gasteiger partial charge < -0.3 is 14.6 Å². The summed E-state index contributed by atoms with van der Waals surface area (Å²) < 4.78 is 16.8. The number of carboxylic acid groups (broad SMARTS) is 1. The van der Waals surface area contributed by atoms with E-state index in [0.29, 0.717) is 49.5 Å². The Morgan fingerprint density at radius 3 is 2.68 bits per heavy atom. The predicted molar refractivity (Wildman–Crippen MR) is 139 cm³/mol. The Bertz CT molecular complexity index is 1390. The van der Waals surface area contributed by atoms with Crippen LogP contribution < -0.4 is 0 Å². The molecule has 2 bridgehead atoms. The Hall–Kier alpha value is -2.93. The van der Waals surface area contributed by atoms with Gasteiger partial charge in [0.1, 0.15) is 11.5 Å². The van der Waals surface area contributed by atoms with E-state index < -0.39 is 11.4 Å². The highest BCUT2D eigenvalue weighted by Crippen LogP contribution is 2.56. The number of nitrogens with zero attached hydrogens (tertiary/aromatic N) is 3. The first kappa shape index (κ1) is 24.4. The van der Waals surface area contributed by atoms with Gasteiger partial charge in [0.2, 0.25) is 5.91 Å². The largest absolute Gasteiger partial charge is 0.481 e. The minimum Gasteiger partial charge on any atom is -0.481 e. The molecule has 3 fully saturated rings. The lowest BCUT2D eigenvalue weighted by atomic mass is 9.64. The highest BCUT2D eigenvalue weighted by molar-refractivity contribution is 6.30. The van der Waals surface area contributed by atoms with Gasteiger partial charge in [-0.05, 0) is 80.2 Å². The highest BCUT2D eigenvalue weighted by atomic mass is 35.5. The van der Waals surface area contributed by atoms with Crippen LogP contribution in [0.3, 0.4) is 0 Å². The maximum atomic E-state index is 14.7. The lowest BCUT2D eigenvalue weighted by Crippen LogP contribution is -2.42. The predicted octanol–water partition coefficient (Wildman–Crippen LogP) is 5.97. The molecule has 3 heterocycles. The fourth-order valence-corrected chi connectivity index (χ4v) is 7.20. The second kappa shape index (κ2) is 9.12. The van der Waals surface area contributed by atoms with Crippen LogP contribution in [-0.2, 0) is 29.1 Å². The number of aliphatic carboxylic acids is 1. The van der Waals surface area contributed by atoms with Crippen molar-refractivity contribution in [3.8, 4) is 0 Å². The number of carbonyl (C=O) groups excluding carboxylic acids is 1. The van der Waals surface area contributed by atoms with E-state index in [0.717, 1.165) is 55.3 Å². The highest BCUT2D eigenvalue weighted by Gasteiger charge is 2.50. The third-order valence-electron chi connectivity index (χ3n) is 9.32. The van der Waals surface area contributed by atoms with Crippen LogP contribution in [0, 0.1) is 16.6 Å². The summed E-state index contributed by atoms with van der Waals surface area (Å²) in [6, 6.07) is 8.69. The number of hydrogen-bond donors (Lipinski definition) is 1. The number of aromatic nitrogens is 2. The van der Waals surface area contributed by atoms with Gasteiger partial charge in [-0.3, -0.25) is 9.59 Å². The number of rotatable bonds is 5. The Morgan fingerprint density at radius 1 is 1.11 bits per heavy atom. The molecule has 3 saturated carbocycles. The van der Waals surface area contributed by atoms with E-state index in [1.807, 2.05) is 15.5 Å². The molecular weight excluding hydrogens is 493 g/mol. The van der Waals surface area contributed by atoms with E-state index in [-0.39, 0.29) is 17.1 Å². The van der Waals surface area contributed by atoms with E-state index in [1.54, 1.807) is 18.3 Å². The number of halogens is 2. The van der Waals surface area contributed by atoms with Gasteiger partial charge >= 0.3 is 5.97 Å². The Balaban J connectivity index is 1.26. The summed E-state index contributed by atoms with van der Waals surface area (Å²) in [5.41, 5.74) is 2.84. The van der Waals surface area contributed by atoms with Gasteiger partial charge in [-0.2, -0.15) is 0 Å². The topological polar surface area (TPSA) is 75.4 Å². The first-order chi connectivity index (χ1) is 17.8. The van der Waals surface area contributed by atoms with Gasteiger partial charge in [0.25, 0.3) is 0 Å².